The molecule has 0 aliphatic heterocycles. The third-order valence-corrected chi connectivity index (χ3v) is 6.49. The highest BCUT2D eigenvalue weighted by Crippen LogP contribution is 2.25. The summed E-state index contributed by atoms with van der Waals surface area (Å²) in [5, 5.41) is 14.7. The first-order chi connectivity index (χ1) is 16.7. The summed E-state index contributed by atoms with van der Waals surface area (Å²) in [6.45, 7) is 1.99. The van der Waals surface area contributed by atoms with Crippen LogP contribution in [0, 0.1) is 6.92 Å². The molecule has 0 saturated heterocycles. The van der Waals surface area contributed by atoms with Gasteiger partial charge in [-0.15, -0.1) is 10.2 Å². The number of hydrogen-bond acceptors (Lipinski definition) is 7. The monoisotopic (exact) mass is 532 g/mol. The van der Waals surface area contributed by atoms with Gasteiger partial charge in [-0.1, -0.05) is 29.3 Å². The fourth-order valence-corrected chi connectivity index (χ4v) is 4.16. The molecule has 35 heavy (non-hydrogen) atoms. The van der Waals surface area contributed by atoms with Crippen molar-refractivity contribution in [2.24, 2.45) is 0 Å². The van der Waals surface area contributed by atoms with Crippen molar-refractivity contribution < 1.29 is 17.9 Å². The molecule has 2 aromatic carbocycles. The molecule has 2 N–H and O–H groups in total. The number of sulfonamides is 1. The van der Waals surface area contributed by atoms with Crippen molar-refractivity contribution >= 4 is 50.6 Å². The van der Waals surface area contributed by atoms with Gasteiger partial charge in [0.15, 0.2) is 23.4 Å². The first kappa shape index (κ1) is 24.5. The number of ether oxygens (including phenoxy) is 1. The molecule has 4 rings (SSSR count). The number of amides is 1. The smallest absolute Gasteiger partial charge is 0.276 e. The van der Waals surface area contributed by atoms with E-state index in [9.17, 15) is 13.2 Å². The second-order valence-electron chi connectivity index (χ2n) is 7.27. The third kappa shape index (κ3) is 6.27. The van der Waals surface area contributed by atoms with E-state index >= 15 is 0 Å². The van der Waals surface area contributed by atoms with Crippen molar-refractivity contribution in [3.8, 4) is 5.75 Å². The van der Waals surface area contributed by atoms with Crippen LogP contribution >= 0.6 is 23.2 Å². The van der Waals surface area contributed by atoms with Crippen LogP contribution in [-0.4, -0.2) is 34.3 Å². The predicted octanol–water partition coefficient (Wildman–Crippen LogP) is 4.38. The van der Waals surface area contributed by atoms with E-state index < -0.39 is 15.9 Å². The van der Waals surface area contributed by atoms with Gasteiger partial charge in [0.05, 0.1) is 9.92 Å². The highest BCUT2D eigenvalue weighted by molar-refractivity contribution is 7.92. The van der Waals surface area contributed by atoms with Gasteiger partial charge < -0.3 is 10.1 Å². The van der Waals surface area contributed by atoms with Gasteiger partial charge in [-0.05, 0) is 67.1 Å². The summed E-state index contributed by atoms with van der Waals surface area (Å²) in [4.78, 5) is 12.5. The molecule has 2 heterocycles. The number of halogens is 2. The normalized spacial score (nSPS) is 11.2. The summed E-state index contributed by atoms with van der Waals surface area (Å²) in [7, 11) is -3.90. The Balaban J connectivity index is 1.36. The van der Waals surface area contributed by atoms with E-state index in [1.54, 1.807) is 12.3 Å². The van der Waals surface area contributed by atoms with Gasteiger partial charge in [0.1, 0.15) is 5.75 Å². The Kier molecular flexibility index (Phi) is 7.20. The van der Waals surface area contributed by atoms with Crippen molar-refractivity contribution in [2.45, 2.75) is 18.6 Å². The fourth-order valence-electron chi connectivity index (χ4n) is 2.89. The lowest BCUT2D eigenvalue weighted by atomic mass is 10.2. The predicted molar refractivity (Wildman–Crippen MR) is 131 cm³/mol. The van der Waals surface area contributed by atoms with Gasteiger partial charge in [-0.3, -0.25) is 9.52 Å². The number of carbonyl (C=O) groups excluding carboxylic acids is 1. The highest BCUT2D eigenvalue weighted by atomic mass is 35.5. The average Bonchev–Trinajstić information content (AvgIpc) is 3.31. The van der Waals surface area contributed by atoms with Crippen molar-refractivity contribution in [2.75, 3.05) is 10.0 Å². The standard InChI is InChI=1S/C22H18Cl2N6O4S/c1-14-2-7-17(23)19(12-14)34-13-30-11-10-18(28-30)22(31)25-15-3-5-16(6-4-15)35(32,33)29-21-9-8-20(24)26-27-21/h2-12H,13H2,1H3,(H,25,31)(H,27,29). The zero-order valence-electron chi connectivity index (χ0n) is 18.1. The lowest BCUT2D eigenvalue weighted by molar-refractivity contribution is 0.102. The minimum Gasteiger partial charge on any atom is -0.470 e. The summed E-state index contributed by atoms with van der Waals surface area (Å²) in [6, 6.07) is 15.4. The van der Waals surface area contributed by atoms with Gasteiger partial charge in [0, 0.05) is 11.9 Å². The molecule has 0 aliphatic rings. The summed E-state index contributed by atoms with van der Waals surface area (Å²) >= 11 is 11.8. The van der Waals surface area contributed by atoms with Gasteiger partial charge in [0.25, 0.3) is 15.9 Å². The van der Waals surface area contributed by atoms with Crippen molar-refractivity contribution in [3.05, 3.63) is 88.3 Å². The quantitative estimate of drug-likeness (QED) is 0.344. The lowest BCUT2D eigenvalue weighted by Crippen LogP contribution is -2.16. The van der Waals surface area contributed by atoms with Crippen LogP contribution < -0.4 is 14.8 Å². The summed E-state index contributed by atoms with van der Waals surface area (Å²) in [6.07, 6.45) is 1.60. The summed E-state index contributed by atoms with van der Waals surface area (Å²) in [5.41, 5.74) is 1.54. The van der Waals surface area contributed by atoms with Crippen LogP contribution in [0.15, 0.2) is 71.8 Å². The average molecular weight is 533 g/mol. The van der Waals surface area contributed by atoms with Crippen LogP contribution in [0.25, 0.3) is 0 Å². The van der Waals surface area contributed by atoms with E-state index in [2.05, 4.69) is 25.3 Å². The Labute approximate surface area is 210 Å². The molecule has 0 spiro atoms. The molecular weight excluding hydrogens is 515 g/mol. The Bertz CT molecular complexity index is 1460. The van der Waals surface area contributed by atoms with E-state index in [0.717, 1.165) is 5.56 Å². The molecule has 10 nitrogen and oxygen atoms in total. The highest BCUT2D eigenvalue weighted by Gasteiger charge is 2.16. The molecule has 0 aliphatic carbocycles. The molecule has 4 aromatic rings. The Morgan fingerprint density at radius 1 is 1.03 bits per heavy atom. The summed E-state index contributed by atoms with van der Waals surface area (Å²) in [5.74, 6) is 0.0688. The van der Waals surface area contributed by atoms with Gasteiger partial charge in [-0.25, -0.2) is 13.1 Å². The molecule has 0 bridgehead atoms. The first-order valence-corrected chi connectivity index (χ1v) is 12.3. The number of nitrogens with zero attached hydrogens (tertiary/aromatic N) is 4. The zero-order chi connectivity index (χ0) is 25.0. The maximum absolute atomic E-state index is 12.5. The van der Waals surface area contributed by atoms with Crippen molar-refractivity contribution in [1.29, 1.82) is 0 Å². The van der Waals surface area contributed by atoms with Crippen LogP contribution in [0.3, 0.4) is 0 Å². The molecule has 0 radical (unpaired) electrons. The molecule has 13 heteroatoms. The zero-order valence-corrected chi connectivity index (χ0v) is 20.5. The van der Waals surface area contributed by atoms with E-state index in [-0.39, 0.29) is 28.3 Å². The number of nitrogens with one attached hydrogen (secondary N) is 2. The molecule has 180 valence electrons. The number of benzene rings is 2. The van der Waals surface area contributed by atoms with Crippen LogP contribution in [0.1, 0.15) is 16.1 Å². The minimum absolute atomic E-state index is 0.0241. The second-order valence-corrected chi connectivity index (χ2v) is 9.75. The van der Waals surface area contributed by atoms with Crippen LogP contribution in [0.2, 0.25) is 10.2 Å². The number of aryl methyl sites for hydroxylation is 1. The molecule has 0 atom stereocenters. The van der Waals surface area contributed by atoms with Crippen LogP contribution in [-0.2, 0) is 16.8 Å². The number of anilines is 2. The third-order valence-electron chi connectivity index (χ3n) is 4.61. The van der Waals surface area contributed by atoms with Gasteiger partial charge >= 0.3 is 0 Å². The van der Waals surface area contributed by atoms with E-state index in [4.69, 9.17) is 27.9 Å². The minimum atomic E-state index is -3.90. The number of hydrogen-bond donors (Lipinski definition) is 2. The lowest BCUT2D eigenvalue weighted by Gasteiger charge is -2.09. The van der Waals surface area contributed by atoms with Crippen molar-refractivity contribution in [3.63, 3.8) is 0 Å². The Morgan fingerprint density at radius 3 is 2.51 bits per heavy atom. The molecule has 0 saturated carbocycles. The number of aromatic nitrogens is 4. The molecule has 1 amide bonds. The molecule has 0 fully saturated rings. The van der Waals surface area contributed by atoms with E-state index in [0.29, 0.717) is 16.5 Å². The summed E-state index contributed by atoms with van der Waals surface area (Å²) < 4.78 is 34.5. The van der Waals surface area contributed by atoms with Crippen LogP contribution in [0.4, 0.5) is 11.5 Å². The SMILES string of the molecule is Cc1ccc(Cl)c(OCn2ccc(C(=O)Nc3ccc(S(=O)(=O)Nc4ccc(Cl)nn4)cc3)n2)c1. The maximum atomic E-state index is 12.5. The Morgan fingerprint density at radius 2 is 1.80 bits per heavy atom. The molecular formula is C22H18Cl2N6O4S. The number of carbonyl (C=O) groups is 1. The van der Waals surface area contributed by atoms with Gasteiger partial charge in [-0.2, -0.15) is 5.10 Å². The molecule has 0 unspecified atom stereocenters. The first-order valence-electron chi connectivity index (χ1n) is 10.1. The van der Waals surface area contributed by atoms with Crippen molar-refractivity contribution in [1.82, 2.24) is 20.0 Å². The Hall–Kier alpha value is -3.67. The second kappa shape index (κ2) is 10.3. The molecule has 2 aromatic heterocycles. The van der Waals surface area contributed by atoms with Crippen LogP contribution in [0.5, 0.6) is 5.75 Å². The van der Waals surface area contributed by atoms with E-state index in [1.807, 2.05) is 19.1 Å². The fraction of sp³-hybridized carbons (Fsp3) is 0.0909. The maximum Gasteiger partial charge on any atom is 0.276 e. The largest absolute Gasteiger partial charge is 0.470 e. The van der Waals surface area contributed by atoms with E-state index in [1.165, 1.54) is 47.1 Å². The number of rotatable bonds is 8. The van der Waals surface area contributed by atoms with Gasteiger partial charge in [0.2, 0.25) is 0 Å². The topological polar surface area (TPSA) is 128 Å².